The van der Waals surface area contributed by atoms with Crippen LogP contribution in [0.15, 0.2) is 29.2 Å². The van der Waals surface area contributed by atoms with Crippen LogP contribution in [0.3, 0.4) is 0 Å². The predicted molar refractivity (Wildman–Crippen MR) is 90.2 cm³/mol. The van der Waals surface area contributed by atoms with Crippen LogP contribution in [0.1, 0.15) is 26.2 Å². The summed E-state index contributed by atoms with van der Waals surface area (Å²) in [6, 6.07) is 7.37. The lowest BCUT2D eigenvalue weighted by Gasteiger charge is -2.23. The molecular weight excluding hydrogens is 320 g/mol. The standard InChI is InChI=1S/C16H21ClN2O2S/c1-12(19-10-2-4-15(19)20)16(21)18-9-3-11-22-14-7-5-13(17)6-8-14/h5-8,12H,2-4,9-11H2,1H3,(H,18,21)/t12-/m1/s1. The zero-order valence-corrected chi connectivity index (χ0v) is 14.3. The molecule has 120 valence electrons. The maximum Gasteiger partial charge on any atom is 0.242 e. The van der Waals surface area contributed by atoms with Crippen LogP contribution in [0.5, 0.6) is 0 Å². The van der Waals surface area contributed by atoms with Gasteiger partial charge in [0.05, 0.1) is 0 Å². The van der Waals surface area contributed by atoms with Gasteiger partial charge in [0, 0.05) is 29.4 Å². The lowest BCUT2D eigenvalue weighted by atomic mass is 10.2. The number of nitrogens with one attached hydrogen (secondary N) is 1. The van der Waals surface area contributed by atoms with E-state index in [1.165, 1.54) is 4.90 Å². The predicted octanol–water partition coefficient (Wildman–Crippen LogP) is 2.95. The van der Waals surface area contributed by atoms with E-state index >= 15 is 0 Å². The largest absolute Gasteiger partial charge is 0.354 e. The minimum Gasteiger partial charge on any atom is -0.354 e. The monoisotopic (exact) mass is 340 g/mol. The first-order valence-electron chi connectivity index (χ1n) is 7.53. The molecule has 1 aliphatic heterocycles. The number of hydrogen-bond donors (Lipinski definition) is 1. The molecule has 0 unspecified atom stereocenters. The lowest BCUT2D eigenvalue weighted by molar-refractivity contribution is -0.136. The molecule has 0 spiro atoms. The van der Waals surface area contributed by atoms with E-state index in [2.05, 4.69) is 5.32 Å². The van der Waals surface area contributed by atoms with Crippen LogP contribution in [0.2, 0.25) is 5.02 Å². The third kappa shape index (κ3) is 4.92. The number of benzene rings is 1. The van der Waals surface area contributed by atoms with E-state index in [0.717, 1.165) is 23.6 Å². The number of rotatable bonds is 7. The fraction of sp³-hybridized carbons (Fsp3) is 0.500. The number of halogens is 1. The summed E-state index contributed by atoms with van der Waals surface area (Å²) < 4.78 is 0. The van der Waals surface area contributed by atoms with Crippen LogP contribution in [0.25, 0.3) is 0 Å². The molecule has 2 rings (SSSR count). The van der Waals surface area contributed by atoms with Gasteiger partial charge in [-0.05, 0) is 49.8 Å². The zero-order chi connectivity index (χ0) is 15.9. The minimum absolute atomic E-state index is 0.0632. The average molecular weight is 341 g/mol. The van der Waals surface area contributed by atoms with Crippen molar-refractivity contribution >= 4 is 35.2 Å². The van der Waals surface area contributed by atoms with Crippen LogP contribution in [-0.2, 0) is 9.59 Å². The Morgan fingerprint density at radius 1 is 1.41 bits per heavy atom. The van der Waals surface area contributed by atoms with Crippen LogP contribution < -0.4 is 5.32 Å². The van der Waals surface area contributed by atoms with Crippen LogP contribution in [-0.4, -0.2) is 41.6 Å². The molecule has 4 nitrogen and oxygen atoms in total. The van der Waals surface area contributed by atoms with Crippen molar-refractivity contribution in [1.29, 1.82) is 0 Å². The molecule has 1 aromatic carbocycles. The molecule has 22 heavy (non-hydrogen) atoms. The Labute approximate surface area is 140 Å². The highest BCUT2D eigenvalue weighted by atomic mass is 35.5. The van der Waals surface area contributed by atoms with E-state index in [9.17, 15) is 9.59 Å². The summed E-state index contributed by atoms with van der Waals surface area (Å²) in [5.41, 5.74) is 0. The molecule has 0 saturated carbocycles. The highest BCUT2D eigenvalue weighted by Crippen LogP contribution is 2.20. The van der Waals surface area contributed by atoms with Crippen molar-refractivity contribution < 1.29 is 9.59 Å². The van der Waals surface area contributed by atoms with Gasteiger partial charge >= 0.3 is 0 Å². The Balaban J connectivity index is 1.62. The SMILES string of the molecule is C[C@H](C(=O)NCCCSc1ccc(Cl)cc1)N1CCCC1=O. The first kappa shape index (κ1) is 17.2. The Morgan fingerprint density at radius 2 is 2.14 bits per heavy atom. The molecule has 6 heteroatoms. The van der Waals surface area contributed by atoms with E-state index in [1.54, 1.807) is 23.6 Å². The van der Waals surface area contributed by atoms with Gasteiger partial charge in [-0.2, -0.15) is 0 Å². The van der Waals surface area contributed by atoms with Crippen molar-refractivity contribution in [1.82, 2.24) is 10.2 Å². The fourth-order valence-electron chi connectivity index (χ4n) is 2.37. The van der Waals surface area contributed by atoms with Gasteiger partial charge in [0.15, 0.2) is 0 Å². The van der Waals surface area contributed by atoms with Gasteiger partial charge in [0.25, 0.3) is 0 Å². The molecule has 1 atom stereocenters. The van der Waals surface area contributed by atoms with Gasteiger partial charge in [-0.25, -0.2) is 0 Å². The second-order valence-electron chi connectivity index (χ2n) is 5.31. The maximum atomic E-state index is 12.0. The van der Waals surface area contributed by atoms with Crippen LogP contribution in [0, 0.1) is 0 Å². The summed E-state index contributed by atoms with van der Waals surface area (Å²) >= 11 is 7.58. The molecule has 1 N–H and O–H groups in total. The molecule has 1 fully saturated rings. The van der Waals surface area contributed by atoms with E-state index in [-0.39, 0.29) is 17.9 Å². The molecule has 0 aromatic heterocycles. The number of hydrogen-bond acceptors (Lipinski definition) is 3. The quantitative estimate of drug-likeness (QED) is 0.613. The van der Waals surface area contributed by atoms with Gasteiger partial charge in [0.2, 0.25) is 11.8 Å². The summed E-state index contributed by atoms with van der Waals surface area (Å²) in [6.07, 6.45) is 2.31. The Bertz CT molecular complexity index is 521. The number of carbonyl (C=O) groups excluding carboxylic acids is 2. The highest BCUT2D eigenvalue weighted by molar-refractivity contribution is 7.99. The van der Waals surface area contributed by atoms with Gasteiger partial charge in [-0.15, -0.1) is 11.8 Å². The molecule has 0 radical (unpaired) electrons. The smallest absolute Gasteiger partial charge is 0.242 e. The zero-order valence-electron chi connectivity index (χ0n) is 12.7. The van der Waals surface area contributed by atoms with Crippen molar-refractivity contribution in [3.05, 3.63) is 29.3 Å². The van der Waals surface area contributed by atoms with Crippen molar-refractivity contribution in [3.63, 3.8) is 0 Å². The molecule has 1 saturated heterocycles. The van der Waals surface area contributed by atoms with Crippen molar-refractivity contribution in [2.75, 3.05) is 18.8 Å². The molecule has 0 bridgehead atoms. The number of carbonyl (C=O) groups is 2. The first-order valence-corrected chi connectivity index (χ1v) is 8.90. The maximum absolute atomic E-state index is 12.0. The first-order chi connectivity index (χ1) is 10.6. The van der Waals surface area contributed by atoms with E-state index in [4.69, 9.17) is 11.6 Å². The summed E-state index contributed by atoms with van der Waals surface area (Å²) in [7, 11) is 0. The van der Waals surface area contributed by atoms with Crippen LogP contribution >= 0.6 is 23.4 Å². The van der Waals surface area contributed by atoms with Crippen molar-refractivity contribution in [3.8, 4) is 0 Å². The van der Waals surface area contributed by atoms with Crippen LogP contribution in [0.4, 0.5) is 0 Å². The van der Waals surface area contributed by atoms with Crippen molar-refractivity contribution in [2.45, 2.75) is 37.1 Å². The number of nitrogens with zero attached hydrogens (tertiary/aromatic N) is 1. The van der Waals surface area contributed by atoms with Gasteiger partial charge in [-0.3, -0.25) is 9.59 Å². The van der Waals surface area contributed by atoms with Gasteiger partial charge < -0.3 is 10.2 Å². The van der Waals surface area contributed by atoms with E-state index in [1.807, 2.05) is 24.3 Å². The summed E-state index contributed by atoms with van der Waals surface area (Å²) in [5.74, 6) is 0.951. The van der Waals surface area contributed by atoms with E-state index < -0.39 is 0 Å². The molecular formula is C16H21ClN2O2S. The summed E-state index contributed by atoms with van der Waals surface area (Å²) in [5, 5.41) is 3.65. The number of thioether (sulfide) groups is 1. The third-order valence-electron chi connectivity index (χ3n) is 3.66. The minimum atomic E-state index is -0.362. The van der Waals surface area contributed by atoms with Gasteiger partial charge in [0.1, 0.15) is 6.04 Å². The molecule has 1 aromatic rings. The second kappa shape index (κ2) is 8.44. The van der Waals surface area contributed by atoms with Crippen molar-refractivity contribution in [2.24, 2.45) is 0 Å². The molecule has 1 heterocycles. The molecule has 1 aliphatic rings. The van der Waals surface area contributed by atoms with Gasteiger partial charge in [-0.1, -0.05) is 11.6 Å². The number of likely N-dealkylation sites (tertiary alicyclic amines) is 1. The average Bonchev–Trinajstić information content (AvgIpc) is 2.94. The second-order valence-corrected chi connectivity index (χ2v) is 6.92. The highest BCUT2D eigenvalue weighted by Gasteiger charge is 2.28. The number of amides is 2. The molecule has 0 aliphatic carbocycles. The Hall–Kier alpha value is -1.20. The fourth-order valence-corrected chi connectivity index (χ4v) is 3.35. The normalized spacial score (nSPS) is 15.9. The summed E-state index contributed by atoms with van der Waals surface area (Å²) in [6.45, 7) is 3.12. The lowest BCUT2D eigenvalue weighted by Crippen LogP contribution is -2.45. The Morgan fingerprint density at radius 3 is 2.77 bits per heavy atom. The Kier molecular flexibility index (Phi) is 6.58. The third-order valence-corrected chi connectivity index (χ3v) is 5.01. The van der Waals surface area contributed by atoms with E-state index in [0.29, 0.717) is 19.5 Å². The summed E-state index contributed by atoms with van der Waals surface area (Å²) in [4.78, 5) is 26.5. The molecule has 2 amide bonds. The topological polar surface area (TPSA) is 49.4 Å².